The molecule has 0 heterocycles. The molecule has 0 saturated carbocycles. The minimum absolute atomic E-state index is 0. The van der Waals surface area contributed by atoms with Crippen LogP contribution in [0.1, 0.15) is 11.1 Å². The van der Waals surface area contributed by atoms with Gasteiger partial charge in [0.15, 0.2) is 0 Å². The van der Waals surface area contributed by atoms with Crippen LogP contribution in [-0.4, -0.2) is 39.8 Å². The van der Waals surface area contributed by atoms with Crippen LogP contribution in [0.15, 0.2) is 18.2 Å². The number of hydrogen-bond acceptors (Lipinski definition) is 4. The SMILES string of the molecule is CNCC(=O)NCc1ccc(C)cc1OCCOC.Cl. The predicted molar refractivity (Wildman–Crippen MR) is 81.6 cm³/mol. The van der Waals surface area contributed by atoms with Crippen LogP contribution >= 0.6 is 12.4 Å². The lowest BCUT2D eigenvalue weighted by molar-refractivity contribution is -0.120. The van der Waals surface area contributed by atoms with E-state index in [1.54, 1.807) is 14.2 Å². The normalized spacial score (nSPS) is 9.75. The second-order valence-electron chi connectivity index (χ2n) is 4.26. The van der Waals surface area contributed by atoms with E-state index in [1.165, 1.54) is 0 Å². The Hall–Kier alpha value is -1.30. The fourth-order valence-corrected chi connectivity index (χ4v) is 1.59. The second kappa shape index (κ2) is 10.5. The Morgan fingerprint density at radius 3 is 2.70 bits per heavy atom. The van der Waals surface area contributed by atoms with E-state index in [1.807, 2.05) is 25.1 Å². The molecule has 0 unspecified atom stereocenters. The molecule has 0 aliphatic carbocycles. The highest BCUT2D eigenvalue weighted by atomic mass is 35.5. The van der Waals surface area contributed by atoms with Crippen molar-refractivity contribution in [2.75, 3.05) is 33.9 Å². The van der Waals surface area contributed by atoms with Crippen LogP contribution in [0.3, 0.4) is 0 Å². The maximum atomic E-state index is 11.4. The van der Waals surface area contributed by atoms with Crippen molar-refractivity contribution >= 4 is 18.3 Å². The Bertz CT molecular complexity index is 413. The third-order valence-corrected chi connectivity index (χ3v) is 2.58. The number of ether oxygens (including phenoxy) is 2. The van der Waals surface area contributed by atoms with E-state index in [9.17, 15) is 4.79 Å². The number of rotatable bonds is 8. The number of hydrogen-bond donors (Lipinski definition) is 2. The summed E-state index contributed by atoms with van der Waals surface area (Å²) in [6.07, 6.45) is 0. The maximum absolute atomic E-state index is 11.4. The van der Waals surface area contributed by atoms with Gasteiger partial charge in [0.1, 0.15) is 12.4 Å². The molecule has 0 atom stereocenters. The van der Waals surface area contributed by atoms with Crippen LogP contribution in [0.5, 0.6) is 5.75 Å². The molecule has 1 aromatic rings. The van der Waals surface area contributed by atoms with Crippen molar-refractivity contribution in [1.29, 1.82) is 0 Å². The minimum atomic E-state index is -0.0362. The molecular weight excluding hydrogens is 280 g/mol. The number of benzene rings is 1. The zero-order chi connectivity index (χ0) is 14.1. The second-order valence-corrected chi connectivity index (χ2v) is 4.26. The number of likely N-dealkylation sites (N-methyl/N-ethyl adjacent to an activating group) is 1. The summed E-state index contributed by atoms with van der Waals surface area (Å²) in [5, 5.41) is 5.65. The van der Waals surface area contributed by atoms with Gasteiger partial charge in [-0.15, -0.1) is 12.4 Å². The van der Waals surface area contributed by atoms with Crippen LogP contribution in [-0.2, 0) is 16.1 Å². The number of amides is 1. The van der Waals surface area contributed by atoms with E-state index < -0.39 is 0 Å². The van der Waals surface area contributed by atoms with Gasteiger partial charge in [0.2, 0.25) is 5.91 Å². The Kier molecular flexibility index (Phi) is 9.80. The van der Waals surface area contributed by atoms with Crippen molar-refractivity contribution in [3.8, 4) is 5.75 Å². The highest BCUT2D eigenvalue weighted by Gasteiger charge is 2.06. The number of aryl methyl sites for hydroxylation is 1. The summed E-state index contributed by atoms with van der Waals surface area (Å²) >= 11 is 0. The monoisotopic (exact) mass is 302 g/mol. The van der Waals surface area contributed by atoms with E-state index >= 15 is 0 Å². The first kappa shape index (κ1) is 18.7. The van der Waals surface area contributed by atoms with E-state index in [0.717, 1.165) is 16.9 Å². The van der Waals surface area contributed by atoms with Gasteiger partial charge in [0.25, 0.3) is 0 Å². The number of carbonyl (C=O) groups is 1. The number of nitrogens with one attached hydrogen (secondary N) is 2. The van der Waals surface area contributed by atoms with Gasteiger partial charge in [-0.1, -0.05) is 12.1 Å². The molecular formula is C14H23ClN2O3. The molecule has 2 N–H and O–H groups in total. The average molecular weight is 303 g/mol. The van der Waals surface area contributed by atoms with Gasteiger partial charge in [-0.2, -0.15) is 0 Å². The first-order valence-electron chi connectivity index (χ1n) is 6.30. The molecule has 20 heavy (non-hydrogen) atoms. The predicted octanol–water partition coefficient (Wildman–Crippen LogP) is 1.28. The van der Waals surface area contributed by atoms with Crippen molar-refractivity contribution in [2.24, 2.45) is 0 Å². The molecule has 0 fully saturated rings. The van der Waals surface area contributed by atoms with Crippen LogP contribution in [0.4, 0.5) is 0 Å². The molecule has 1 rings (SSSR count). The van der Waals surface area contributed by atoms with Gasteiger partial charge >= 0.3 is 0 Å². The van der Waals surface area contributed by atoms with Gasteiger partial charge < -0.3 is 20.1 Å². The van der Waals surface area contributed by atoms with Gasteiger partial charge in [-0.25, -0.2) is 0 Å². The summed E-state index contributed by atoms with van der Waals surface area (Å²) in [7, 11) is 3.38. The van der Waals surface area contributed by atoms with Gasteiger partial charge in [-0.3, -0.25) is 4.79 Å². The standard InChI is InChI=1S/C14H22N2O3.ClH/c1-11-4-5-12(9-16-14(17)10-15-2)13(8-11)19-7-6-18-3;/h4-5,8,15H,6-7,9-10H2,1-3H3,(H,16,17);1H. The molecule has 0 bridgehead atoms. The summed E-state index contributed by atoms with van der Waals surface area (Å²) < 4.78 is 10.6. The molecule has 0 saturated heterocycles. The lowest BCUT2D eigenvalue weighted by atomic mass is 10.1. The Labute approximate surface area is 126 Å². The Morgan fingerprint density at radius 1 is 1.30 bits per heavy atom. The van der Waals surface area contributed by atoms with Crippen LogP contribution in [0.2, 0.25) is 0 Å². The van der Waals surface area contributed by atoms with E-state index in [4.69, 9.17) is 9.47 Å². The third-order valence-electron chi connectivity index (χ3n) is 2.58. The molecule has 0 spiro atoms. The van der Waals surface area contributed by atoms with Crippen molar-refractivity contribution in [3.63, 3.8) is 0 Å². The molecule has 1 amide bonds. The minimum Gasteiger partial charge on any atom is -0.491 e. The van der Waals surface area contributed by atoms with Gasteiger partial charge in [0.05, 0.1) is 13.2 Å². The number of halogens is 1. The average Bonchev–Trinajstić information content (AvgIpc) is 2.38. The van der Waals surface area contributed by atoms with Crippen LogP contribution < -0.4 is 15.4 Å². The zero-order valence-electron chi connectivity index (χ0n) is 12.2. The molecule has 114 valence electrons. The van der Waals surface area contributed by atoms with E-state index in [-0.39, 0.29) is 18.3 Å². The van der Waals surface area contributed by atoms with Crippen molar-refractivity contribution in [2.45, 2.75) is 13.5 Å². The highest BCUT2D eigenvalue weighted by Crippen LogP contribution is 2.20. The smallest absolute Gasteiger partial charge is 0.234 e. The molecule has 0 aliphatic heterocycles. The molecule has 0 aromatic heterocycles. The molecule has 1 aromatic carbocycles. The maximum Gasteiger partial charge on any atom is 0.234 e. The van der Waals surface area contributed by atoms with Crippen molar-refractivity contribution in [3.05, 3.63) is 29.3 Å². The first-order chi connectivity index (χ1) is 9.17. The first-order valence-corrected chi connectivity index (χ1v) is 6.30. The quantitative estimate of drug-likeness (QED) is 0.710. The molecule has 0 radical (unpaired) electrons. The Morgan fingerprint density at radius 2 is 2.05 bits per heavy atom. The van der Waals surface area contributed by atoms with Crippen molar-refractivity contribution in [1.82, 2.24) is 10.6 Å². The topological polar surface area (TPSA) is 59.6 Å². The molecule has 5 nitrogen and oxygen atoms in total. The van der Waals surface area contributed by atoms with Crippen molar-refractivity contribution < 1.29 is 14.3 Å². The summed E-state index contributed by atoms with van der Waals surface area (Å²) in [6.45, 7) is 3.82. The van der Waals surface area contributed by atoms with Crippen LogP contribution in [0.25, 0.3) is 0 Å². The summed E-state index contributed by atoms with van der Waals surface area (Å²) in [4.78, 5) is 11.4. The summed E-state index contributed by atoms with van der Waals surface area (Å²) in [5.74, 6) is 0.757. The highest BCUT2D eigenvalue weighted by molar-refractivity contribution is 5.85. The molecule has 0 aliphatic rings. The zero-order valence-corrected chi connectivity index (χ0v) is 13.0. The molecule has 6 heteroatoms. The van der Waals surface area contributed by atoms with Crippen LogP contribution in [0, 0.1) is 6.92 Å². The fraction of sp³-hybridized carbons (Fsp3) is 0.500. The number of carbonyl (C=O) groups excluding carboxylic acids is 1. The van der Waals surface area contributed by atoms with E-state index in [0.29, 0.717) is 26.3 Å². The Balaban J connectivity index is 0.00000361. The third kappa shape index (κ3) is 6.75. The number of methoxy groups -OCH3 is 1. The van der Waals surface area contributed by atoms with Gasteiger partial charge in [0, 0.05) is 19.2 Å². The van der Waals surface area contributed by atoms with E-state index in [2.05, 4.69) is 10.6 Å². The van der Waals surface area contributed by atoms with Gasteiger partial charge in [-0.05, 0) is 25.6 Å². The largest absolute Gasteiger partial charge is 0.491 e. The summed E-state index contributed by atoms with van der Waals surface area (Å²) in [6, 6.07) is 5.94. The lowest BCUT2D eigenvalue weighted by Gasteiger charge is -2.13. The lowest BCUT2D eigenvalue weighted by Crippen LogP contribution is -2.31. The fourth-order valence-electron chi connectivity index (χ4n) is 1.59. The summed E-state index contributed by atoms with van der Waals surface area (Å²) in [5.41, 5.74) is 2.09.